The number of hydrogen-bond acceptors (Lipinski definition) is 4. The van der Waals surface area contributed by atoms with Gasteiger partial charge in [0.05, 0.1) is 7.11 Å². The molecule has 0 radical (unpaired) electrons. The highest BCUT2D eigenvalue weighted by Gasteiger charge is 2.26. The summed E-state index contributed by atoms with van der Waals surface area (Å²) >= 11 is 0. The van der Waals surface area contributed by atoms with Crippen LogP contribution in [0.4, 0.5) is 0 Å². The van der Waals surface area contributed by atoms with Gasteiger partial charge >= 0.3 is 0 Å². The summed E-state index contributed by atoms with van der Waals surface area (Å²) in [6.07, 6.45) is 6.09. The van der Waals surface area contributed by atoms with Gasteiger partial charge in [-0.2, -0.15) is 0 Å². The van der Waals surface area contributed by atoms with Gasteiger partial charge in [0.1, 0.15) is 0 Å². The molecule has 1 saturated carbocycles. The Morgan fingerprint density at radius 3 is 2.67 bits per heavy atom. The average molecular weight is 375 g/mol. The topological polar surface area (TPSA) is 50.8 Å². The monoisotopic (exact) mass is 374 g/mol. The van der Waals surface area contributed by atoms with Crippen LogP contribution >= 0.6 is 0 Å². The van der Waals surface area contributed by atoms with E-state index in [1.54, 1.807) is 7.11 Å². The molecule has 0 spiro atoms. The van der Waals surface area contributed by atoms with Crippen molar-refractivity contribution in [1.82, 2.24) is 10.2 Å². The van der Waals surface area contributed by atoms with Crippen LogP contribution in [0.15, 0.2) is 18.2 Å². The number of carbonyl (C=O) groups excluding carboxylic acids is 1. The number of rotatable bonds is 7. The van der Waals surface area contributed by atoms with Gasteiger partial charge in [-0.1, -0.05) is 32.8 Å². The standard InChI is InChI=1S/C22H34N2O3/c1-16-7-6-8-19(17(16)2)23-14-18-9-10-20(21(13-18)26-3)27-15-22(25)24-11-4-5-12-24/h9-10,13,16-17,19,23H,4-8,11-12,14-15H2,1-3H3/t16-,17-,19+/m0/s1. The van der Waals surface area contributed by atoms with Crippen molar-refractivity contribution in [2.24, 2.45) is 11.8 Å². The highest BCUT2D eigenvalue weighted by atomic mass is 16.5. The second kappa shape index (κ2) is 9.45. The summed E-state index contributed by atoms with van der Waals surface area (Å²) in [5, 5.41) is 3.72. The van der Waals surface area contributed by atoms with Crippen molar-refractivity contribution in [2.45, 2.75) is 58.5 Å². The minimum Gasteiger partial charge on any atom is -0.493 e. The zero-order valence-corrected chi connectivity index (χ0v) is 17.0. The van der Waals surface area contributed by atoms with E-state index in [1.807, 2.05) is 17.0 Å². The summed E-state index contributed by atoms with van der Waals surface area (Å²) in [5.74, 6) is 2.87. The molecule has 5 nitrogen and oxygen atoms in total. The molecule has 27 heavy (non-hydrogen) atoms. The maximum absolute atomic E-state index is 12.2. The molecule has 1 heterocycles. The molecule has 1 saturated heterocycles. The summed E-state index contributed by atoms with van der Waals surface area (Å²) in [7, 11) is 1.65. The molecule has 150 valence electrons. The highest BCUT2D eigenvalue weighted by molar-refractivity contribution is 5.78. The SMILES string of the molecule is COc1cc(CN[C@@H]2CCC[C@H](C)[C@@H]2C)ccc1OCC(=O)N1CCCC1. The normalized spacial score (nSPS) is 25.4. The Kier molecular flexibility index (Phi) is 7.00. The number of nitrogens with zero attached hydrogens (tertiary/aromatic N) is 1. The summed E-state index contributed by atoms with van der Waals surface area (Å²) in [6, 6.07) is 6.57. The van der Waals surface area contributed by atoms with Gasteiger partial charge < -0.3 is 19.7 Å². The molecule has 5 heteroatoms. The number of benzene rings is 1. The van der Waals surface area contributed by atoms with E-state index in [0.717, 1.165) is 38.4 Å². The van der Waals surface area contributed by atoms with E-state index in [2.05, 4.69) is 25.2 Å². The van der Waals surface area contributed by atoms with E-state index in [4.69, 9.17) is 9.47 Å². The maximum Gasteiger partial charge on any atom is 0.260 e. The zero-order chi connectivity index (χ0) is 19.2. The first-order chi connectivity index (χ1) is 13.1. The van der Waals surface area contributed by atoms with Gasteiger partial charge in [-0.05, 0) is 48.8 Å². The van der Waals surface area contributed by atoms with Crippen molar-refractivity contribution in [3.8, 4) is 11.5 Å². The van der Waals surface area contributed by atoms with Crippen LogP contribution in [0.2, 0.25) is 0 Å². The van der Waals surface area contributed by atoms with Gasteiger partial charge in [0.2, 0.25) is 0 Å². The van der Waals surface area contributed by atoms with Crippen molar-refractivity contribution in [3.05, 3.63) is 23.8 Å². The molecule has 3 atom stereocenters. The summed E-state index contributed by atoms with van der Waals surface area (Å²) < 4.78 is 11.2. The van der Waals surface area contributed by atoms with E-state index in [1.165, 1.54) is 24.8 Å². The maximum atomic E-state index is 12.2. The molecule has 0 bridgehead atoms. The van der Waals surface area contributed by atoms with E-state index in [-0.39, 0.29) is 12.5 Å². The van der Waals surface area contributed by atoms with E-state index in [0.29, 0.717) is 23.5 Å². The molecule has 1 aliphatic heterocycles. The van der Waals surface area contributed by atoms with Crippen LogP contribution in [0.1, 0.15) is 51.5 Å². The molecular formula is C22H34N2O3. The lowest BCUT2D eigenvalue weighted by Gasteiger charge is -2.34. The minimum absolute atomic E-state index is 0.0562. The Labute approximate surface area is 163 Å². The smallest absolute Gasteiger partial charge is 0.260 e. The van der Waals surface area contributed by atoms with Gasteiger partial charge in [-0.15, -0.1) is 0 Å². The van der Waals surface area contributed by atoms with Gasteiger partial charge in [0.15, 0.2) is 18.1 Å². The fourth-order valence-corrected chi connectivity index (χ4v) is 4.26. The molecule has 0 aromatic heterocycles. The van der Waals surface area contributed by atoms with Crippen molar-refractivity contribution in [2.75, 3.05) is 26.8 Å². The fourth-order valence-electron chi connectivity index (χ4n) is 4.26. The number of likely N-dealkylation sites (tertiary alicyclic amines) is 1. The molecule has 1 aromatic carbocycles. The number of methoxy groups -OCH3 is 1. The van der Waals surface area contributed by atoms with Crippen LogP contribution in [0.5, 0.6) is 11.5 Å². The van der Waals surface area contributed by atoms with Crippen LogP contribution in [0.25, 0.3) is 0 Å². The number of ether oxygens (including phenoxy) is 2. The Morgan fingerprint density at radius 2 is 1.93 bits per heavy atom. The first-order valence-corrected chi connectivity index (χ1v) is 10.4. The Bertz CT molecular complexity index is 628. The number of nitrogens with one attached hydrogen (secondary N) is 1. The van der Waals surface area contributed by atoms with Gasteiger partial charge in [0.25, 0.3) is 5.91 Å². The molecule has 1 N–H and O–H groups in total. The molecule has 1 aromatic rings. The van der Waals surface area contributed by atoms with E-state index in [9.17, 15) is 4.79 Å². The number of hydrogen-bond donors (Lipinski definition) is 1. The van der Waals surface area contributed by atoms with Crippen molar-refractivity contribution >= 4 is 5.91 Å². The summed E-state index contributed by atoms with van der Waals surface area (Å²) in [6.45, 7) is 7.31. The predicted octanol–water partition coefficient (Wildman–Crippen LogP) is 3.61. The number of carbonyl (C=O) groups is 1. The quantitative estimate of drug-likeness (QED) is 0.792. The lowest BCUT2D eigenvalue weighted by Crippen LogP contribution is -2.40. The molecule has 1 amide bonds. The lowest BCUT2D eigenvalue weighted by molar-refractivity contribution is -0.132. The van der Waals surface area contributed by atoms with Gasteiger partial charge in [-0.3, -0.25) is 4.79 Å². The summed E-state index contributed by atoms with van der Waals surface area (Å²) in [4.78, 5) is 14.0. The Hall–Kier alpha value is -1.75. The molecule has 1 aliphatic carbocycles. The third kappa shape index (κ3) is 5.16. The Balaban J connectivity index is 1.54. The van der Waals surface area contributed by atoms with Crippen LogP contribution < -0.4 is 14.8 Å². The molecule has 0 unspecified atom stereocenters. The van der Waals surface area contributed by atoms with Crippen LogP contribution in [0.3, 0.4) is 0 Å². The minimum atomic E-state index is 0.0562. The largest absolute Gasteiger partial charge is 0.493 e. The molecule has 3 rings (SSSR count). The molecule has 2 fully saturated rings. The highest BCUT2D eigenvalue weighted by Crippen LogP contribution is 2.31. The van der Waals surface area contributed by atoms with E-state index >= 15 is 0 Å². The predicted molar refractivity (Wildman–Crippen MR) is 107 cm³/mol. The second-order valence-electron chi connectivity index (χ2n) is 8.12. The average Bonchev–Trinajstić information content (AvgIpc) is 3.22. The lowest BCUT2D eigenvalue weighted by atomic mass is 9.78. The second-order valence-corrected chi connectivity index (χ2v) is 8.12. The fraction of sp³-hybridized carbons (Fsp3) is 0.682. The van der Waals surface area contributed by atoms with Gasteiger partial charge in [0, 0.05) is 25.7 Å². The first kappa shape index (κ1) is 20.0. The van der Waals surface area contributed by atoms with E-state index < -0.39 is 0 Å². The third-order valence-electron chi connectivity index (χ3n) is 6.31. The van der Waals surface area contributed by atoms with Crippen molar-refractivity contribution < 1.29 is 14.3 Å². The van der Waals surface area contributed by atoms with Crippen molar-refractivity contribution in [3.63, 3.8) is 0 Å². The van der Waals surface area contributed by atoms with Crippen LogP contribution in [0, 0.1) is 11.8 Å². The van der Waals surface area contributed by atoms with Crippen LogP contribution in [-0.4, -0.2) is 43.7 Å². The first-order valence-electron chi connectivity index (χ1n) is 10.4. The van der Waals surface area contributed by atoms with Crippen LogP contribution in [-0.2, 0) is 11.3 Å². The number of amides is 1. The third-order valence-corrected chi connectivity index (χ3v) is 6.31. The van der Waals surface area contributed by atoms with Crippen molar-refractivity contribution in [1.29, 1.82) is 0 Å². The molecule has 2 aliphatic rings. The molecular weight excluding hydrogens is 340 g/mol. The Morgan fingerprint density at radius 1 is 1.15 bits per heavy atom. The van der Waals surface area contributed by atoms with Gasteiger partial charge in [-0.25, -0.2) is 0 Å². The zero-order valence-electron chi connectivity index (χ0n) is 17.0. The summed E-state index contributed by atoms with van der Waals surface area (Å²) in [5.41, 5.74) is 1.18.